The molecular weight excluding hydrogens is 473 g/mol. The zero-order chi connectivity index (χ0) is 25.9. The third kappa shape index (κ3) is 4.77. The minimum atomic E-state index is -0.590. The molecule has 4 N–H and O–H groups in total. The van der Waals surface area contributed by atoms with Gasteiger partial charge in [-0.3, -0.25) is 9.78 Å². The van der Waals surface area contributed by atoms with Crippen LogP contribution >= 0.6 is 0 Å². The van der Waals surface area contributed by atoms with E-state index in [2.05, 4.69) is 15.3 Å². The van der Waals surface area contributed by atoms with Crippen LogP contribution in [-0.2, 0) is 6.42 Å². The molecule has 2 aromatic carbocycles. The number of fused-ring (bicyclic) bond motifs is 1. The molecule has 0 bridgehead atoms. The molecule has 2 aromatic heterocycles. The van der Waals surface area contributed by atoms with Gasteiger partial charge in [0.2, 0.25) is 0 Å². The quantitative estimate of drug-likeness (QED) is 0.369. The Morgan fingerprint density at radius 1 is 1.24 bits per heavy atom. The Morgan fingerprint density at radius 2 is 2.05 bits per heavy atom. The lowest BCUT2D eigenvalue weighted by Gasteiger charge is -2.22. The van der Waals surface area contributed by atoms with Crippen LogP contribution in [0, 0.1) is 17.1 Å². The van der Waals surface area contributed by atoms with Gasteiger partial charge in [-0.15, -0.1) is 0 Å². The summed E-state index contributed by atoms with van der Waals surface area (Å²) in [7, 11) is 0. The molecule has 37 heavy (non-hydrogen) atoms. The van der Waals surface area contributed by atoms with Crippen molar-refractivity contribution in [2.75, 3.05) is 30.7 Å². The van der Waals surface area contributed by atoms with Crippen molar-refractivity contribution in [1.82, 2.24) is 19.9 Å². The van der Waals surface area contributed by atoms with Crippen LogP contribution in [0.5, 0.6) is 0 Å². The Bertz CT molecular complexity index is 1520. The standard InChI is InChI=1S/C27H24FN7O2/c28-17-6-7-21-19(12-17)24(27(37)35-11-9-18(36)14-35)23(16-4-2-1-3-5-16)22(34-21)8-10-31-26-20(13-29)25(30)32-15-33-26/h1-7,12,15,18,36H,8-11,14H2,(H3,30,31,32,33)/t18-/m1/s1. The van der Waals surface area contributed by atoms with Gasteiger partial charge >= 0.3 is 0 Å². The number of benzene rings is 2. The second kappa shape index (κ2) is 10.2. The Labute approximate surface area is 212 Å². The predicted molar refractivity (Wildman–Crippen MR) is 137 cm³/mol. The van der Waals surface area contributed by atoms with Gasteiger partial charge < -0.3 is 21.1 Å². The summed E-state index contributed by atoms with van der Waals surface area (Å²) in [5.74, 6) is -0.362. The first kappa shape index (κ1) is 24.1. The Kier molecular flexibility index (Phi) is 6.62. The molecule has 1 saturated heterocycles. The highest BCUT2D eigenvalue weighted by Gasteiger charge is 2.30. The third-order valence-electron chi connectivity index (χ3n) is 6.39. The SMILES string of the molecule is N#Cc1c(N)ncnc1NCCc1nc2ccc(F)cc2c(C(=O)N2CC[C@@H](O)C2)c1-c1ccccc1. The Balaban J connectivity index is 1.62. The van der Waals surface area contributed by atoms with Gasteiger partial charge in [0.1, 0.15) is 35.4 Å². The van der Waals surface area contributed by atoms with Crippen molar-refractivity contribution in [3.05, 3.63) is 77.5 Å². The number of β-amino-alcohol motifs (C(OH)–C–C–N with tert-alkyl or cyclic N) is 1. The molecule has 1 aliphatic heterocycles. The van der Waals surface area contributed by atoms with Gasteiger partial charge in [0, 0.05) is 37.0 Å². The molecule has 5 rings (SSSR count). The van der Waals surface area contributed by atoms with Gasteiger partial charge in [0.25, 0.3) is 5.91 Å². The van der Waals surface area contributed by atoms with E-state index in [1.165, 1.54) is 18.5 Å². The maximum Gasteiger partial charge on any atom is 0.255 e. The van der Waals surface area contributed by atoms with E-state index in [4.69, 9.17) is 10.7 Å². The first-order valence-electron chi connectivity index (χ1n) is 11.9. The fraction of sp³-hybridized carbons (Fsp3) is 0.222. The van der Waals surface area contributed by atoms with Crippen LogP contribution in [0.15, 0.2) is 54.9 Å². The maximum atomic E-state index is 14.4. The summed E-state index contributed by atoms with van der Waals surface area (Å²) in [6, 6.07) is 15.6. The van der Waals surface area contributed by atoms with Gasteiger partial charge in [0.15, 0.2) is 0 Å². The number of halogens is 1. The summed E-state index contributed by atoms with van der Waals surface area (Å²) in [6.45, 7) is 0.964. The van der Waals surface area contributed by atoms with E-state index in [9.17, 15) is 19.6 Å². The maximum absolute atomic E-state index is 14.4. The molecule has 10 heteroatoms. The summed E-state index contributed by atoms with van der Waals surface area (Å²) in [5, 5.41) is 23.0. The minimum absolute atomic E-state index is 0.0801. The number of hydrogen-bond donors (Lipinski definition) is 3. The van der Waals surface area contributed by atoms with Gasteiger partial charge in [-0.2, -0.15) is 5.26 Å². The molecule has 4 aromatic rings. The number of nitriles is 1. The number of nitrogens with one attached hydrogen (secondary N) is 1. The second-order valence-corrected chi connectivity index (χ2v) is 8.80. The van der Waals surface area contributed by atoms with Crippen LogP contribution in [0.2, 0.25) is 0 Å². The fourth-order valence-electron chi connectivity index (χ4n) is 4.63. The molecule has 3 heterocycles. The van der Waals surface area contributed by atoms with Gasteiger partial charge in [-0.25, -0.2) is 14.4 Å². The molecule has 0 radical (unpaired) electrons. The lowest BCUT2D eigenvalue weighted by atomic mass is 9.92. The summed E-state index contributed by atoms with van der Waals surface area (Å²) in [4.78, 5) is 28.2. The topological polar surface area (TPSA) is 141 Å². The number of rotatable bonds is 6. The molecule has 1 fully saturated rings. The lowest BCUT2D eigenvalue weighted by Crippen LogP contribution is -2.30. The second-order valence-electron chi connectivity index (χ2n) is 8.80. The number of nitrogens with two attached hydrogens (primary N) is 1. The number of pyridine rings is 1. The number of aliphatic hydroxyl groups is 1. The number of aliphatic hydroxyl groups excluding tert-OH is 1. The van der Waals surface area contributed by atoms with Crippen molar-refractivity contribution < 1.29 is 14.3 Å². The van der Waals surface area contributed by atoms with E-state index < -0.39 is 11.9 Å². The highest BCUT2D eigenvalue weighted by molar-refractivity contribution is 6.12. The number of nitrogens with zero attached hydrogens (tertiary/aromatic N) is 5. The van der Waals surface area contributed by atoms with E-state index in [0.717, 1.165) is 5.56 Å². The van der Waals surface area contributed by atoms with Gasteiger partial charge in [-0.05, 0) is 30.2 Å². The van der Waals surface area contributed by atoms with Crippen LogP contribution in [0.4, 0.5) is 16.0 Å². The molecule has 186 valence electrons. The van der Waals surface area contributed by atoms with Crippen molar-refractivity contribution in [1.29, 1.82) is 5.26 Å². The Morgan fingerprint density at radius 3 is 2.78 bits per heavy atom. The number of likely N-dealkylation sites (tertiary alicyclic amines) is 1. The summed E-state index contributed by atoms with van der Waals surface area (Å²) < 4.78 is 14.4. The van der Waals surface area contributed by atoms with Crippen LogP contribution in [0.1, 0.15) is 28.0 Å². The molecule has 9 nitrogen and oxygen atoms in total. The molecular formula is C27H24FN7O2. The van der Waals surface area contributed by atoms with E-state index in [1.807, 2.05) is 36.4 Å². The number of carbonyl (C=O) groups is 1. The summed E-state index contributed by atoms with van der Waals surface area (Å²) in [5.41, 5.74) is 8.78. The van der Waals surface area contributed by atoms with E-state index >= 15 is 0 Å². The highest BCUT2D eigenvalue weighted by atomic mass is 19.1. The van der Waals surface area contributed by atoms with E-state index in [0.29, 0.717) is 59.5 Å². The van der Waals surface area contributed by atoms with Gasteiger partial charge in [-0.1, -0.05) is 30.3 Å². The van der Waals surface area contributed by atoms with Crippen molar-refractivity contribution in [2.24, 2.45) is 0 Å². The number of hydrogen-bond acceptors (Lipinski definition) is 8. The number of nitrogen functional groups attached to an aromatic ring is 1. The Hall–Kier alpha value is -4.62. The molecule has 1 aliphatic rings. The third-order valence-corrected chi connectivity index (χ3v) is 6.39. The van der Waals surface area contributed by atoms with Gasteiger partial charge in [0.05, 0.1) is 22.9 Å². The average molecular weight is 498 g/mol. The molecule has 1 atom stereocenters. The first-order chi connectivity index (χ1) is 18.0. The van der Waals surface area contributed by atoms with Crippen LogP contribution in [0.3, 0.4) is 0 Å². The first-order valence-corrected chi connectivity index (χ1v) is 11.9. The number of amides is 1. The lowest BCUT2D eigenvalue weighted by molar-refractivity contribution is 0.0767. The number of carbonyl (C=O) groups excluding carboxylic acids is 1. The van der Waals surface area contributed by atoms with Crippen molar-refractivity contribution >= 4 is 28.4 Å². The average Bonchev–Trinajstić information content (AvgIpc) is 3.34. The van der Waals surface area contributed by atoms with Crippen LogP contribution in [0.25, 0.3) is 22.0 Å². The number of aromatic nitrogens is 3. The zero-order valence-electron chi connectivity index (χ0n) is 19.9. The monoisotopic (exact) mass is 497 g/mol. The normalized spacial score (nSPS) is 15.1. The zero-order valence-corrected chi connectivity index (χ0v) is 19.9. The molecule has 1 amide bonds. The number of anilines is 2. The largest absolute Gasteiger partial charge is 0.391 e. The molecule has 0 aliphatic carbocycles. The van der Waals surface area contributed by atoms with Crippen molar-refractivity contribution in [2.45, 2.75) is 18.9 Å². The van der Waals surface area contributed by atoms with Crippen LogP contribution in [-0.4, -0.2) is 56.6 Å². The van der Waals surface area contributed by atoms with Crippen molar-refractivity contribution in [3.63, 3.8) is 0 Å². The summed E-state index contributed by atoms with van der Waals surface area (Å²) in [6.07, 6.45) is 1.55. The highest BCUT2D eigenvalue weighted by Crippen LogP contribution is 2.35. The van der Waals surface area contributed by atoms with E-state index in [-0.39, 0.29) is 23.8 Å². The molecule has 0 unspecified atom stereocenters. The predicted octanol–water partition coefficient (Wildman–Crippen LogP) is 3.15. The van der Waals surface area contributed by atoms with Crippen molar-refractivity contribution in [3.8, 4) is 17.2 Å². The van der Waals surface area contributed by atoms with Crippen LogP contribution < -0.4 is 11.1 Å². The van der Waals surface area contributed by atoms with E-state index in [1.54, 1.807) is 11.0 Å². The smallest absolute Gasteiger partial charge is 0.255 e. The summed E-state index contributed by atoms with van der Waals surface area (Å²) >= 11 is 0. The molecule has 0 saturated carbocycles. The fourth-order valence-corrected chi connectivity index (χ4v) is 4.63. The minimum Gasteiger partial charge on any atom is -0.391 e. The molecule has 0 spiro atoms.